The highest BCUT2D eigenvalue weighted by Gasteiger charge is 2.25. The summed E-state index contributed by atoms with van der Waals surface area (Å²) in [4.78, 5) is 30.4. The highest BCUT2D eigenvalue weighted by atomic mass is 16.3. The molecule has 0 spiro atoms. The van der Waals surface area contributed by atoms with Crippen LogP contribution in [0.5, 0.6) is 0 Å². The van der Waals surface area contributed by atoms with E-state index < -0.39 is 0 Å². The molecule has 2 aliphatic heterocycles. The van der Waals surface area contributed by atoms with E-state index in [-0.39, 0.29) is 5.91 Å². The van der Waals surface area contributed by atoms with E-state index >= 15 is 0 Å². The van der Waals surface area contributed by atoms with E-state index in [1.54, 1.807) is 12.1 Å². The van der Waals surface area contributed by atoms with E-state index in [1.807, 2.05) is 17.2 Å². The molecule has 2 aromatic rings. The van der Waals surface area contributed by atoms with Gasteiger partial charge in [0.05, 0.1) is 6.26 Å². The minimum absolute atomic E-state index is 0.0446. The van der Waals surface area contributed by atoms with Gasteiger partial charge in [-0.2, -0.15) is 4.98 Å². The number of furan rings is 1. The third-order valence-corrected chi connectivity index (χ3v) is 5.35. The van der Waals surface area contributed by atoms with Crippen LogP contribution in [0.15, 0.2) is 35.1 Å². The van der Waals surface area contributed by atoms with Crippen LogP contribution in [0.3, 0.4) is 0 Å². The van der Waals surface area contributed by atoms with Crippen molar-refractivity contribution in [1.29, 1.82) is 0 Å². The van der Waals surface area contributed by atoms with Crippen LogP contribution in [-0.4, -0.2) is 84.6 Å². The molecule has 2 saturated heterocycles. The highest BCUT2D eigenvalue weighted by Crippen LogP contribution is 2.19. The molecule has 1 amide bonds. The third kappa shape index (κ3) is 3.90. The number of aromatic nitrogens is 2. The van der Waals surface area contributed by atoms with Crippen molar-refractivity contribution in [1.82, 2.24) is 19.8 Å². The lowest BCUT2D eigenvalue weighted by Crippen LogP contribution is -2.49. The first-order chi connectivity index (χ1) is 13.2. The maximum Gasteiger partial charge on any atom is 0.289 e. The van der Waals surface area contributed by atoms with Crippen LogP contribution in [0.4, 0.5) is 11.8 Å². The van der Waals surface area contributed by atoms with Crippen LogP contribution in [0.2, 0.25) is 0 Å². The first-order valence-electron chi connectivity index (χ1n) is 9.62. The summed E-state index contributed by atoms with van der Waals surface area (Å²) in [7, 11) is 0. The van der Waals surface area contributed by atoms with E-state index in [0.29, 0.717) is 18.8 Å². The normalized spacial score (nSPS) is 18.8. The van der Waals surface area contributed by atoms with Crippen LogP contribution < -0.4 is 9.80 Å². The number of carbonyl (C=O) groups is 1. The molecular formula is C19H26N6O2. The molecular weight excluding hydrogens is 344 g/mol. The monoisotopic (exact) mass is 370 g/mol. The summed E-state index contributed by atoms with van der Waals surface area (Å²) < 4.78 is 5.22. The minimum atomic E-state index is -0.0446. The molecule has 2 aromatic heterocycles. The Balaban J connectivity index is 1.37. The van der Waals surface area contributed by atoms with Crippen molar-refractivity contribution in [2.45, 2.75) is 6.92 Å². The zero-order chi connectivity index (χ0) is 18.6. The second-order valence-corrected chi connectivity index (χ2v) is 6.89. The van der Waals surface area contributed by atoms with Gasteiger partial charge in [-0.05, 0) is 24.7 Å². The molecule has 2 fully saturated rings. The van der Waals surface area contributed by atoms with Crippen molar-refractivity contribution in [3.05, 3.63) is 36.4 Å². The van der Waals surface area contributed by atoms with E-state index in [2.05, 4.69) is 26.6 Å². The van der Waals surface area contributed by atoms with Gasteiger partial charge in [0, 0.05) is 58.6 Å². The van der Waals surface area contributed by atoms with Crippen molar-refractivity contribution >= 4 is 17.7 Å². The molecule has 4 rings (SSSR count). The molecule has 8 nitrogen and oxygen atoms in total. The fourth-order valence-corrected chi connectivity index (χ4v) is 3.63. The molecule has 0 bridgehead atoms. The Bertz CT molecular complexity index is 749. The summed E-state index contributed by atoms with van der Waals surface area (Å²) in [6.45, 7) is 10.2. The lowest BCUT2D eigenvalue weighted by Gasteiger charge is -2.36. The van der Waals surface area contributed by atoms with Gasteiger partial charge in [0.1, 0.15) is 5.82 Å². The summed E-state index contributed by atoms with van der Waals surface area (Å²) in [5, 5.41) is 0. The highest BCUT2D eigenvalue weighted by molar-refractivity contribution is 5.91. The number of hydrogen-bond acceptors (Lipinski definition) is 7. The van der Waals surface area contributed by atoms with Gasteiger partial charge in [0.25, 0.3) is 5.91 Å². The van der Waals surface area contributed by atoms with Gasteiger partial charge >= 0.3 is 0 Å². The summed E-state index contributed by atoms with van der Waals surface area (Å²) in [5.41, 5.74) is 0. The zero-order valence-electron chi connectivity index (χ0n) is 15.8. The van der Waals surface area contributed by atoms with Crippen LogP contribution in [0, 0.1) is 0 Å². The summed E-state index contributed by atoms with van der Waals surface area (Å²) in [6.07, 6.45) is 3.37. The van der Waals surface area contributed by atoms with Crippen molar-refractivity contribution < 1.29 is 9.21 Å². The van der Waals surface area contributed by atoms with E-state index in [1.165, 1.54) is 6.26 Å². The lowest BCUT2D eigenvalue weighted by molar-refractivity contribution is 0.0714. The number of piperazine rings is 2. The molecule has 0 aliphatic carbocycles. The molecule has 0 atom stereocenters. The van der Waals surface area contributed by atoms with Gasteiger partial charge in [-0.25, -0.2) is 4.98 Å². The van der Waals surface area contributed by atoms with Crippen LogP contribution >= 0.6 is 0 Å². The number of anilines is 2. The SMILES string of the molecule is CCN1CCN(c2nccc(N3CCN(C(=O)c4ccco4)CC3)n2)CC1. The number of nitrogens with zero attached hydrogens (tertiary/aromatic N) is 6. The van der Waals surface area contributed by atoms with E-state index in [0.717, 1.165) is 57.6 Å². The van der Waals surface area contributed by atoms with Gasteiger partial charge in [-0.3, -0.25) is 4.79 Å². The van der Waals surface area contributed by atoms with Gasteiger partial charge in [-0.15, -0.1) is 0 Å². The maximum absolute atomic E-state index is 12.4. The average molecular weight is 370 g/mol. The first kappa shape index (κ1) is 17.8. The molecule has 4 heterocycles. The van der Waals surface area contributed by atoms with Gasteiger partial charge in [0.15, 0.2) is 5.76 Å². The molecule has 27 heavy (non-hydrogen) atoms. The summed E-state index contributed by atoms with van der Waals surface area (Å²) in [6, 6.07) is 5.41. The third-order valence-electron chi connectivity index (χ3n) is 5.35. The second-order valence-electron chi connectivity index (χ2n) is 6.89. The van der Waals surface area contributed by atoms with Gasteiger partial charge in [-0.1, -0.05) is 6.92 Å². The molecule has 0 saturated carbocycles. The molecule has 2 aliphatic rings. The Morgan fingerprint density at radius 3 is 2.44 bits per heavy atom. The van der Waals surface area contributed by atoms with Crippen molar-refractivity contribution in [2.24, 2.45) is 0 Å². The van der Waals surface area contributed by atoms with Crippen molar-refractivity contribution in [3.63, 3.8) is 0 Å². The number of likely N-dealkylation sites (N-methyl/N-ethyl adjacent to an activating group) is 1. The van der Waals surface area contributed by atoms with Gasteiger partial charge < -0.3 is 24.0 Å². The number of hydrogen-bond donors (Lipinski definition) is 0. The maximum atomic E-state index is 12.4. The Morgan fingerprint density at radius 1 is 1.04 bits per heavy atom. The van der Waals surface area contributed by atoms with Crippen LogP contribution in [0.1, 0.15) is 17.5 Å². The Kier molecular flexibility index (Phi) is 5.24. The second kappa shape index (κ2) is 7.96. The fourth-order valence-electron chi connectivity index (χ4n) is 3.63. The first-order valence-corrected chi connectivity index (χ1v) is 9.62. The predicted octanol–water partition coefficient (Wildman–Crippen LogP) is 1.17. The number of rotatable bonds is 4. The zero-order valence-corrected chi connectivity index (χ0v) is 15.8. The average Bonchev–Trinajstić information content (AvgIpc) is 3.28. The van der Waals surface area contributed by atoms with E-state index in [9.17, 15) is 4.79 Å². The van der Waals surface area contributed by atoms with E-state index in [4.69, 9.17) is 9.40 Å². The number of carbonyl (C=O) groups excluding carboxylic acids is 1. The topological polar surface area (TPSA) is 69.0 Å². The lowest BCUT2D eigenvalue weighted by atomic mass is 10.3. The fraction of sp³-hybridized carbons (Fsp3) is 0.526. The minimum Gasteiger partial charge on any atom is -0.459 e. The standard InChI is InChI=1S/C19H26N6O2/c1-2-22-7-9-25(10-8-22)19-20-6-5-17(21-19)23-11-13-24(14-12-23)18(26)16-4-3-15-27-16/h3-6,15H,2,7-14H2,1H3. The van der Waals surface area contributed by atoms with Crippen LogP contribution in [0.25, 0.3) is 0 Å². The molecule has 0 radical (unpaired) electrons. The Labute approximate surface area is 159 Å². The van der Waals surface area contributed by atoms with Crippen LogP contribution in [-0.2, 0) is 0 Å². The van der Waals surface area contributed by atoms with Gasteiger partial charge in [0.2, 0.25) is 5.95 Å². The largest absolute Gasteiger partial charge is 0.459 e. The predicted molar refractivity (Wildman–Crippen MR) is 103 cm³/mol. The smallest absolute Gasteiger partial charge is 0.289 e. The summed E-state index contributed by atoms with van der Waals surface area (Å²) >= 11 is 0. The molecule has 0 aromatic carbocycles. The number of amides is 1. The Morgan fingerprint density at radius 2 is 1.78 bits per heavy atom. The van der Waals surface area contributed by atoms with Crippen molar-refractivity contribution in [3.8, 4) is 0 Å². The molecule has 0 unspecified atom stereocenters. The molecule has 144 valence electrons. The Hall–Kier alpha value is -2.61. The summed E-state index contributed by atoms with van der Waals surface area (Å²) in [5.74, 6) is 2.09. The molecule has 0 N–H and O–H groups in total. The molecule has 8 heteroatoms. The van der Waals surface area contributed by atoms with Crippen molar-refractivity contribution in [2.75, 3.05) is 68.7 Å². The quantitative estimate of drug-likeness (QED) is 0.800.